The molecule has 0 aliphatic heterocycles. The van der Waals surface area contributed by atoms with Crippen molar-refractivity contribution in [2.75, 3.05) is 6.61 Å². The third-order valence-corrected chi connectivity index (χ3v) is 2.81. The molecule has 98 valence electrons. The van der Waals surface area contributed by atoms with E-state index >= 15 is 0 Å². The lowest BCUT2D eigenvalue weighted by atomic mass is 10.2. The van der Waals surface area contributed by atoms with Gasteiger partial charge in [-0.15, -0.1) is 0 Å². The number of aromatic nitrogens is 1. The van der Waals surface area contributed by atoms with Crippen LogP contribution in [0, 0.1) is 0 Å². The lowest BCUT2D eigenvalue weighted by Gasteiger charge is -2.08. The lowest BCUT2D eigenvalue weighted by Crippen LogP contribution is -1.94. The van der Waals surface area contributed by atoms with Crippen LogP contribution >= 0.6 is 15.9 Å². The summed E-state index contributed by atoms with van der Waals surface area (Å²) in [6.45, 7) is 2.35. The Labute approximate surface area is 119 Å². The molecule has 0 aliphatic carbocycles. The van der Waals surface area contributed by atoms with Gasteiger partial charge in [-0.3, -0.25) is 0 Å². The van der Waals surface area contributed by atoms with Gasteiger partial charge >= 0.3 is 0 Å². The molecule has 1 aromatic carbocycles. The second-order valence-corrected chi connectivity index (χ2v) is 4.64. The molecule has 0 saturated carbocycles. The number of hydrogen-bond acceptors (Lipinski definition) is 4. The van der Waals surface area contributed by atoms with Crippen LogP contribution in [0.15, 0.2) is 46.0 Å². The van der Waals surface area contributed by atoms with Crippen LogP contribution in [0.4, 0.5) is 5.82 Å². The Morgan fingerprint density at radius 2 is 2.26 bits per heavy atom. The summed E-state index contributed by atoms with van der Waals surface area (Å²) in [6.07, 6.45) is 3.23. The second-order valence-electron chi connectivity index (χ2n) is 3.72. The zero-order valence-electron chi connectivity index (χ0n) is 10.4. The Morgan fingerprint density at radius 1 is 1.42 bits per heavy atom. The van der Waals surface area contributed by atoms with Crippen molar-refractivity contribution in [1.29, 1.82) is 0 Å². The molecule has 2 aromatic rings. The number of aromatic hydroxyl groups is 1. The molecule has 5 heteroatoms. The van der Waals surface area contributed by atoms with Crippen LogP contribution in [0.5, 0.6) is 11.5 Å². The Hall–Kier alpha value is -1.88. The first-order chi connectivity index (χ1) is 9.20. The highest BCUT2D eigenvalue weighted by atomic mass is 79.9. The van der Waals surface area contributed by atoms with Gasteiger partial charge in [0.1, 0.15) is 0 Å². The SMILES string of the molecule is CCOc1cc(Br)cc(/C=N/c2ccccn2)c1O. The Bertz CT molecular complexity index is 585. The summed E-state index contributed by atoms with van der Waals surface area (Å²) in [7, 11) is 0. The topological polar surface area (TPSA) is 54.7 Å². The number of phenolic OH excluding ortho intramolecular Hbond substituents is 1. The van der Waals surface area contributed by atoms with Crippen molar-refractivity contribution < 1.29 is 9.84 Å². The maximum atomic E-state index is 10.1. The van der Waals surface area contributed by atoms with Crippen LogP contribution in [0.1, 0.15) is 12.5 Å². The van der Waals surface area contributed by atoms with Gasteiger partial charge in [-0.2, -0.15) is 0 Å². The molecule has 2 rings (SSSR count). The van der Waals surface area contributed by atoms with E-state index in [0.29, 0.717) is 23.7 Å². The Kier molecular flexibility index (Phi) is 4.52. The van der Waals surface area contributed by atoms with Gasteiger partial charge in [0.25, 0.3) is 0 Å². The third kappa shape index (κ3) is 3.54. The van der Waals surface area contributed by atoms with Crippen LogP contribution < -0.4 is 4.74 Å². The third-order valence-electron chi connectivity index (χ3n) is 2.35. The molecular weight excluding hydrogens is 308 g/mol. The van der Waals surface area contributed by atoms with Gasteiger partial charge in [0.05, 0.1) is 6.61 Å². The van der Waals surface area contributed by atoms with Crippen molar-refractivity contribution in [3.8, 4) is 11.5 Å². The van der Waals surface area contributed by atoms with Crippen LogP contribution in [0.3, 0.4) is 0 Å². The minimum absolute atomic E-state index is 0.0738. The van der Waals surface area contributed by atoms with E-state index in [0.717, 1.165) is 4.47 Å². The van der Waals surface area contributed by atoms with Crippen LogP contribution in [0.25, 0.3) is 0 Å². The molecule has 0 fully saturated rings. The van der Waals surface area contributed by atoms with Crippen molar-refractivity contribution in [2.45, 2.75) is 6.92 Å². The van der Waals surface area contributed by atoms with Gasteiger partial charge in [0.15, 0.2) is 17.3 Å². The molecule has 1 N–H and O–H groups in total. The summed E-state index contributed by atoms with van der Waals surface area (Å²) in [4.78, 5) is 8.29. The fourth-order valence-corrected chi connectivity index (χ4v) is 1.98. The first-order valence-corrected chi connectivity index (χ1v) is 6.60. The summed E-state index contributed by atoms with van der Waals surface area (Å²) >= 11 is 3.37. The number of hydrogen-bond donors (Lipinski definition) is 1. The Balaban J connectivity index is 2.32. The van der Waals surface area contributed by atoms with E-state index < -0.39 is 0 Å². The number of rotatable bonds is 4. The van der Waals surface area contributed by atoms with Crippen molar-refractivity contribution in [1.82, 2.24) is 4.98 Å². The molecule has 0 bridgehead atoms. The highest BCUT2D eigenvalue weighted by molar-refractivity contribution is 9.10. The van der Waals surface area contributed by atoms with Crippen LogP contribution in [-0.4, -0.2) is 22.9 Å². The van der Waals surface area contributed by atoms with Crippen molar-refractivity contribution in [3.63, 3.8) is 0 Å². The fourth-order valence-electron chi connectivity index (χ4n) is 1.52. The number of nitrogens with zero attached hydrogens (tertiary/aromatic N) is 2. The number of ether oxygens (including phenoxy) is 1. The number of halogens is 1. The van der Waals surface area contributed by atoms with Crippen molar-refractivity contribution in [3.05, 3.63) is 46.6 Å². The number of benzene rings is 1. The number of pyridine rings is 1. The monoisotopic (exact) mass is 320 g/mol. The zero-order valence-corrected chi connectivity index (χ0v) is 12.0. The summed E-state index contributed by atoms with van der Waals surface area (Å²) < 4.78 is 6.17. The molecule has 1 aromatic heterocycles. The van der Waals surface area contributed by atoms with E-state index in [9.17, 15) is 5.11 Å². The van der Waals surface area contributed by atoms with Crippen LogP contribution in [0.2, 0.25) is 0 Å². The molecule has 0 amide bonds. The predicted octanol–water partition coefficient (Wildman–Crippen LogP) is 3.70. The summed E-state index contributed by atoms with van der Waals surface area (Å²) in [5.74, 6) is 1.09. The van der Waals surface area contributed by atoms with Gasteiger partial charge < -0.3 is 9.84 Å². The molecule has 4 nitrogen and oxygen atoms in total. The minimum Gasteiger partial charge on any atom is -0.504 e. The first kappa shape index (κ1) is 13.5. The molecule has 0 spiro atoms. The Morgan fingerprint density at radius 3 is 2.95 bits per heavy atom. The largest absolute Gasteiger partial charge is 0.504 e. The van der Waals surface area contributed by atoms with E-state index in [-0.39, 0.29) is 5.75 Å². The normalized spacial score (nSPS) is 10.8. The second kappa shape index (κ2) is 6.33. The molecule has 0 aliphatic rings. The summed E-state index contributed by atoms with van der Waals surface area (Å²) in [6, 6.07) is 8.95. The first-order valence-electron chi connectivity index (χ1n) is 5.81. The molecule has 0 atom stereocenters. The molecule has 0 radical (unpaired) electrons. The molecule has 19 heavy (non-hydrogen) atoms. The smallest absolute Gasteiger partial charge is 0.166 e. The highest BCUT2D eigenvalue weighted by Crippen LogP contribution is 2.33. The van der Waals surface area contributed by atoms with Gasteiger partial charge in [-0.1, -0.05) is 22.0 Å². The van der Waals surface area contributed by atoms with Crippen molar-refractivity contribution >= 4 is 28.0 Å². The van der Waals surface area contributed by atoms with Gasteiger partial charge in [0, 0.05) is 22.4 Å². The van der Waals surface area contributed by atoms with E-state index in [2.05, 4.69) is 25.9 Å². The highest BCUT2D eigenvalue weighted by Gasteiger charge is 2.08. The maximum absolute atomic E-state index is 10.1. The van der Waals surface area contributed by atoms with Crippen LogP contribution in [-0.2, 0) is 0 Å². The van der Waals surface area contributed by atoms with E-state index in [1.54, 1.807) is 30.6 Å². The summed E-state index contributed by atoms with van der Waals surface area (Å²) in [5.41, 5.74) is 0.573. The van der Waals surface area contributed by atoms with E-state index in [1.165, 1.54) is 0 Å². The molecular formula is C14H13BrN2O2. The number of aliphatic imine (C=N–C) groups is 1. The molecule has 1 heterocycles. The van der Waals surface area contributed by atoms with Gasteiger partial charge in [-0.25, -0.2) is 9.98 Å². The van der Waals surface area contributed by atoms with Crippen molar-refractivity contribution in [2.24, 2.45) is 4.99 Å². The van der Waals surface area contributed by atoms with E-state index in [4.69, 9.17) is 4.74 Å². The quantitative estimate of drug-likeness (QED) is 0.874. The molecule has 0 saturated heterocycles. The lowest BCUT2D eigenvalue weighted by molar-refractivity contribution is 0.317. The maximum Gasteiger partial charge on any atom is 0.166 e. The zero-order chi connectivity index (χ0) is 13.7. The predicted molar refractivity (Wildman–Crippen MR) is 78.5 cm³/mol. The minimum atomic E-state index is 0.0738. The van der Waals surface area contributed by atoms with E-state index in [1.807, 2.05) is 19.1 Å². The summed E-state index contributed by atoms with van der Waals surface area (Å²) in [5, 5.41) is 10.1. The number of phenols is 1. The average Bonchev–Trinajstić information content (AvgIpc) is 2.42. The average molecular weight is 321 g/mol. The van der Waals surface area contributed by atoms with Gasteiger partial charge in [-0.05, 0) is 31.2 Å². The molecule has 0 unspecified atom stereocenters. The fraction of sp³-hybridized carbons (Fsp3) is 0.143. The van der Waals surface area contributed by atoms with Gasteiger partial charge in [0.2, 0.25) is 0 Å². The standard InChI is InChI=1S/C14H13BrN2O2/c1-2-19-12-8-11(15)7-10(14(12)18)9-17-13-5-3-4-6-16-13/h3-9,18H,2H2,1H3/b17-9+.